The second-order valence-corrected chi connectivity index (χ2v) is 11.6. The fraction of sp³-hybridized carbons (Fsp3) is 0.265. The lowest BCUT2D eigenvalue weighted by Crippen LogP contribution is -2.42. The first kappa shape index (κ1) is 30.9. The maximum absolute atomic E-state index is 15.2. The van der Waals surface area contributed by atoms with Gasteiger partial charge in [-0.3, -0.25) is 10.1 Å². The van der Waals surface area contributed by atoms with Gasteiger partial charge < -0.3 is 19.7 Å². The number of carbonyl (C=O) groups is 3. The number of aromatic nitrogens is 2. The number of anilines is 1. The molecule has 1 unspecified atom stereocenters. The summed E-state index contributed by atoms with van der Waals surface area (Å²) in [4.78, 5) is 41.1. The molecule has 1 aliphatic carbocycles. The number of aliphatic carboxylic acids is 1. The van der Waals surface area contributed by atoms with Crippen molar-refractivity contribution in [3.8, 4) is 34.7 Å². The van der Waals surface area contributed by atoms with Crippen LogP contribution in [0.4, 0.5) is 14.9 Å². The summed E-state index contributed by atoms with van der Waals surface area (Å²) in [6, 6.07) is 16.1. The zero-order valence-electron chi connectivity index (χ0n) is 24.9. The highest BCUT2D eigenvalue weighted by Crippen LogP contribution is 2.28. The number of hydrogen-bond acceptors (Lipinski definition) is 7. The Morgan fingerprint density at radius 2 is 1.84 bits per heavy atom. The first-order valence-corrected chi connectivity index (χ1v) is 14.3. The zero-order valence-corrected chi connectivity index (χ0v) is 24.9. The van der Waals surface area contributed by atoms with Crippen molar-refractivity contribution >= 4 is 23.7 Å². The second-order valence-electron chi connectivity index (χ2n) is 11.6. The van der Waals surface area contributed by atoms with E-state index in [-0.39, 0.29) is 29.3 Å². The Kier molecular flexibility index (Phi) is 8.95. The third-order valence-electron chi connectivity index (χ3n) is 6.64. The third kappa shape index (κ3) is 8.54. The molecule has 3 N–H and O–H groups in total. The number of nitrogens with zero attached hydrogens (tertiary/aromatic N) is 2. The smallest absolute Gasteiger partial charge is 0.412 e. The zero-order chi connectivity index (χ0) is 32.1. The SMILES string of the molecule is CC(C)(C)OC(=O)Nc1ccc(-c2nc(-c3ccc(CC(NC(=O)c4cccc(C#CC5CC5)c4)C(=O)O)cc3F)no2)cc1. The molecule has 1 aromatic heterocycles. The number of ether oxygens (including phenoxy) is 1. The summed E-state index contributed by atoms with van der Waals surface area (Å²) in [6.45, 7) is 5.29. The molecule has 3 aromatic carbocycles. The molecule has 0 aliphatic heterocycles. The fourth-order valence-corrected chi connectivity index (χ4v) is 4.26. The van der Waals surface area contributed by atoms with Gasteiger partial charge in [-0.1, -0.05) is 29.1 Å². The molecular weight excluding hydrogens is 579 g/mol. The maximum atomic E-state index is 15.2. The molecule has 11 heteroatoms. The minimum atomic E-state index is -1.30. The Morgan fingerprint density at radius 3 is 2.51 bits per heavy atom. The lowest BCUT2D eigenvalue weighted by atomic mass is 10.0. The molecule has 1 fully saturated rings. The topological polar surface area (TPSA) is 144 Å². The number of amides is 2. The van der Waals surface area contributed by atoms with E-state index < -0.39 is 35.4 Å². The Morgan fingerprint density at radius 1 is 1.09 bits per heavy atom. The molecule has 0 bridgehead atoms. The van der Waals surface area contributed by atoms with E-state index in [9.17, 15) is 19.5 Å². The molecule has 1 aliphatic rings. The minimum Gasteiger partial charge on any atom is -0.480 e. The van der Waals surface area contributed by atoms with Crippen LogP contribution in [0, 0.1) is 23.6 Å². The van der Waals surface area contributed by atoms with Crippen molar-refractivity contribution in [3.63, 3.8) is 0 Å². The number of halogens is 1. The van der Waals surface area contributed by atoms with Gasteiger partial charge in [0, 0.05) is 34.7 Å². The molecule has 1 atom stereocenters. The van der Waals surface area contributed by atoms with Gasteiger partial charge >= 0.3 is 12.1 Å². The van der Waals surface area contributed by atoms with Crippen LogP contribution in [-0.2, 0) is 16.0 Å². The Bertz CT molecular complexity index is 1800. The highest BCUT2D eigenvalue weighted by atomic mass is 19.1. The summed E-state index contributed by atoms with van der Waals surface area (Å²) in [5.74, 6) is 4.20. The van der Waals surface area contributed by atoms with Crippen molar-refractivity contribution in [2.75, 3.05) is 5.32 Å². The maximum Gasteiger partial charge on any atom is 0.412 e. The van der Waals surface area contributed by atoms with Crippen LogP contribution in [0.5, 0.6) is 0 Å². The average Bonchev–Trinajstić information content (AvgIpc) is 3.69. The molecule has 0 radical (unpaired) electrons. The van der Waals surface area contributed by atoms with E-state index in [0.29, 0.717) is 28.3 Å². The van der Waals surface area contributed by atoms with Crippen molar-refractivity contribution in [1.29, 1.82) is 0 Å². The lowest BCUT2D eigenvalue weighted by molar-refractivity contribution is -0.139. The number of benzene rings is 3. The van der Waals surface area contributed by atoms with E-state index in [4.69, 9.17) is 9.26 Å². The normalized spacial score (nSPS) is 13.2. The van der Waals surface area contributed by atoms with Crippen LogP contribution < -0.4 is 10.6 Å². The molecular formula is C34H31FN4O6. The first-order valence-electron chi connectivity index (χ1n) is 14.3. The number of hydrogen-bond donors (Lipinski definition) is 3. The molecule has 0 saturated heterocycles. The highest BCUT2D eigenvalue weighted by Gasteiger charge is 2.23. The number of rotatable bonds is 8. The van der Waals surface area contributed by atoms with E-state index in [1.54, 1.807) is 75.4 Å². The van der Waals surface area contributed by atoms with E-state index >= 15 is 4.39 Å². The van der Waals surface area contributed by atoms with Crippen LogP contribution >= 0.6 is 0 Å². The van der Waals surface area contributed by atoms with Crippen LogP contribution in [0.3, 0.4) is 0 Å². The molecule has 45 heavy (non-hydrogen) atoms. The van der Waals surface area contributed by atoms with E-state index in [0.717, 1.165) is 12.8 Å². The summed E-state index contributed by atoms with van der Waals surface area (Å²) in [5.41, 5.74) is 1.77. The molecule has 1 heterocycles. The van der Waals surface area contributed by atoms with Gasteiger partial charge in [-0.25, -0.2) is 14.0 Å². The van der Waals surface area contributed by atoms with Gasteiger partial charge in [0.05, 0.1) is 5.56 Å². The summed E-state index contributed by atoms with van der Waals surface area (Å²) in [5, 5.41) is 18.8. The minimum absolute atomic E-state index is 0.00207. The second kappa shape index (κ2) is 13.0. The monoisotopic (exact) mass is 610 g/mol. The van der Waals surface area contributed by atoms with Gasteiger partial charge in [-0.2, -0.15) is 4.98 Å². The van der Waals surface area contributed by atoms with Gasteiger partial charge in [0.2, 0.25) is 5.82 Å². The predicted octanol–water partition coefficient (Wildman–Crippen LogP) is 6.08. The Labute approximate surface area is 259 Å². The highest BCUT2D eigenvalue weighted by molar-refractivity contribution is 5.97. The largest absolute Gasteiger partial charge is 0.480 e. The van der Waals surface area contributed by atoms with E-state index in [1.807, 2.05) is 0 Å². The molecule has 1 saturated carbocycles. The van der Waals surface area contributed by atoms with Crippen LogP contribution in [0.15, 0.2) is 71.3 Å². The quantitative estimate of drug-likeness (QED) is 0.204. The number of carbonyl (C=O) groups excluding carboxylic acids is 2. The van der Waals surface area contributed by atoms with Crippen LogP contribution in [0.2, 0.25) is 0 Å². The van der Waals surface area contributed by atoms with Gasteiger partial charge in [0.25, 0.3) is 11.8 Å². The third-order valence-corrected chi connectivity index (χ3v) is 6.64. The molecule has 4 aromatic rings. The number of carboxylic acids is 1. The summed E-state index contributed by atoms with van der Waals surface area (Å²) >= 11 is 0. The van der Waals surface area contributed by atoms with Crippen molar-refractivity contribution in [2.45, 2.75) is 51.7 Å². The summed E-state index contributed by atoms with van der Waals surface area (Å²) in [7, 11) is 0. The van der Waals surface area contributed by atoms with Gasteiger partial charge in [-0.05, 0) is 93.8 Å². The number of nitrogens with one attached hydrogen (secondary N) is 2. The van der Waals surface area contributed by atoms with Gasteiger partial charge in [0.1, 0.15) is 17.5 Å². The molecule has 2 amide bonds. The molecule has 5 rings (SSSR count). The molecule has 0 spiro atoms. The van der Waals surface area contributed by atoms with Crippen molar-refractivity contribution in [1.82, 2.24) is 15.5 Å². The summed E-state index contributed by atoms with van der Waals surface area (Å²) < 4.78 is 25.7. The van der Waals surface area contributed by atoms with Crippen molar-refractivity contribution in [2.24, 2.45) is 5.92 Å². The van der Waals surface area contributed by atoms with Crippen LogP contribution in [0.1, 0.15) is 55.1 Å². The Balaban J connectivity index is 1.23. The number of carboxylic acid groups (broad SMARTS) is 1. The van der Waals surface area contributed by atoms with Gasteiger partial charge in [-0.15, -0.1) is 0 Å². The van der Waals surface area contributed by atoms with E-state index in [2.05, 4.69) is 32.6 Å². The molecule has 230 valence electrons. The van der Waals surface area contributed by atoms with Crippen molar-refractivity contribution < 1.29 is 33.1 Å². The van der Waals surface area contributed by atoms with Gasteiger partial charge in [0.15, 0.2) is 0 Å². The average molecular weight is 611 g/mol. The lowest BCUT2D eigenvalue weighted by Gasteiger charge is -2.19. The standard InChI is InChI=1S/C34H31FN4O6/c1-34(2,3)44-33(43)36-25-14-12-23(13-15-25)31-38-29(39-45-31)26-16-11-22(18-27(26)35)19-28(32(41)42)37-30(40)24-6-4-5-21(17-24)10-9-20-7-8-20/h4-6,11-18,20,28H,7-8,19H2,1-3H3,(H,36,43)(H,37,40)(H,41,42). The van der Waals surface area contributed by atoms with Crippen molar-refractivity contribution in [3.05, 3.63) is 89.2 Å². The van der Waals surface area contributed by atoms with E-state index in [1.165, 1.54) is 12.1 Å². The van der Waals surface area contributed by atoms with Crippen LogP contribution in [0.25, 0.3) is 22.8 Å². The van der Waals surface area contributed by atoms with Crippen LogP contribution in [-0.4, -0.2) is 44.9 Å². The predicted molar refractivity (Wildman–Crippen MR) is 164 cm³/mol. The Hall–Kier alpha value is -5.50. The first-order chi connectivity index (χ1) is 21.4. The molecule has 10 nitrogen and oxygen atoms in total. The summed E-state index contributed by atoms with van der Waals surface area (Å²) in [6.07, 6.45) is 1.42. The fourth-order valence-electron chi connectivity index (χ4n) is 4.26.